The zero-order chi connectivity index (χ0) is 21.4. The molecule has 1 saturated heterocycles. The van der Waals surface area contributed by atoms with E-state index < -0.39 is 0 Å². The van der Waals surface area contributed by atoms with Crippen LogP contribution in [0.1, 0.15) is 24.3 Å². The van der Waals surface area contributed by atoms with Crippen molar-refractivity contribution in [2.45, 2.75) is 26.1 Å². The highest BCUT2D eigenvalue weighted by atomic mass is 19.1. The molecule has 1 fully saturated rings. The van der Waals surface area contributed by atoms with Crippen LogP contribution in [0.15, 0.2) is 55.0 Å². The first-order chi connectivity index (χ1) is 15.1. The zero-order valence-corrected chi connectivity index (χ0v) is 17.8. The molecule has 0 bridgehead atoms. The largest absolute Gasteiger partial charge is 0.369 e. The number of aryl methyl sites for hydroxylation is 2. The minimum absolute atomic E-state index is 0.0812. The van der Waals surface area contributed by atoms with Gasteiger partial charge in [0.1, 0.15) is 11.9 Å². The molecule has 0 saturated carbocycles. The second kappa shape index (κ2) is 8.24. The lowest BCUT2D eigenvalue weighted by Gasteiger charge is -2.32. The highest BCUT2D eigenvalue weighted by molar-refractivity contribution is 5.84. The van der Waals surface area contributed by atoms with E-state index in [4.69, 9.17) is 9.72 Å². The molecule has 160 valence electrons. The average Bonchev–Trinajstić information content (AvgIpc) is 3.37. The molecule has 5 rings (SSSR count). The van der Waals surface area contributed by atoms with Gasteiger partial charge in [-0.05, 0) is 42.8 Å². The molecule has 3 aromatic heterocycles. The van der Waals surface area contributed by atoms with Gasteiger partial charge in [-0.15, -0.1) is 0 Å². The number of benzene rings is 1. The number of pyridine rings is 1. The summed E-state index contributed by atoms with van der Waals surface area (Å²) >= 11 is 0. The topological polar surface area (TPSA) is 48.1 Å². The van der Waals surface area contributed by atoms with Crippen molar-refractivity contribution < 1.29 is 9.13 Å². The molecule has 0 spiro atoms. The molecule has 7 heteroatoms. The van der Waals surface area contributed by atoms with E-state index in [0.29, 0.717) is 6.61 Å². The molecule has 1 aliphatic rings. The van der Waals surface area contributed by atoms with Crippen LogP contribution in [0.4, 0.5) is 4.39 Å². The molecule has 0 radical (unpaired) electrons. The Morgan fingerprint density at radius 3 is 2.90 bits per heavy atom. The van der Waals surface area contributed by atoms with E-state index in [9.17, 15) is 4.39 Å². The number of fused-ring (bicyclic) bond motifs is 1. The Hall–Kier alpha value is -3.03. The maximum absolute atomic E-state index is 13.8. The summed E-state index contributed by atoms with van der Waals surface area (Å²) in [4.78, 5) is 7.24. The van der Waals surface area contributed by atoms with E-state index in [2.05, 4.69) is 27.7 Å². The number of nitrogens with zero attached hydrogens (tertiary/aromatic N) is 5. The lowest BCUT2D eigenvalue weighted by molar-refractivity contribution is -0.0348. The third-order valence-corrected chi connectivity index (χ3v) is 5.91. The van der Waals surface area contributed by atoms with E-state index in [1.165, 1.54) is 5.56 Å². The fourth-order valence-corrected chi connectivity index (χ4v) is 4.34. The summed E-state index contributed by atoms with van der Waals surface area (Å²) in [6.07, 6.45) is 5.86. The molecule has 0 amide bonds. The van der Waals surface area contributed by atoms with Crippen LogP contribution in [0.5, 0.6) is 0 Å². The molecule has 4 heterocycles. The van der Waals surface area contributed by atoms with Crippen molar-refractivity contribution in [3.05, 3.63) is 72.1 Å². The highest BCUT2D eigenvalue weighted by Gasteiger charge is 2.24. The second-order valence-electron chi connectivity index (χ2n) is 8.05. The van der Waals surface area contributed by atoms with Gasteiger partial charge in [-0.2, -0.15) is 5.10 Å². The minimum Gasteiger partial charge on any atom is -0.369 e. The summed E-state index contributed by atoms with van der Waals surface area (Å²) in [7, 11) is 1.90. The molecule has 1 aliphatic heterocycles. The molecule has 0 aliphatic carbocycles. The number of hydrogen-bond acceptors (Lipinski definition) is 4. The predicted molar refractivity (Wildman–Crippen MR) is 118 cm³/mol. The van der Waals surface area contributed by atoms with E-state index in [1.54, 1.807) is 16.8 Å². The fourth-order valence-electron chi connectivity index (χ4n) is 4.34. The Bertz CT molecular complexity index is 1210. The smallest absolute Gasteiger partial charge is 0.125 e. The number of rotatable bonds is 5. The molecule has 1 atom stereocenters. The molecule has 6 nitrogen and oxygen atoms in total. The number of hydrogen-bond donors (Lipinski definition) is 0. The number of morpholine rings is 1. The molecule has 31 heavy (non-hydrogen) atoms. The Morgan fingerprint density at radius 1 is 1.19 bits per heavy atom. The summed E-state index contributed by atoms with van der Waals surface area (Å²) in [6, 6.07) is 11.1. The van der Waals surface area contributed by atoms with Gasteiger partial charge < -0.3 is 9.30 Å². The molecule has 1 aromatic carbocycles. The molecule has 0 unspecified atom stereocenters. The van der Waals surface area contributed by atoms with Crippen molar-refractivity contribution in [3.63, 3.8) is 0 Å². The summed E-state index contributed by atoms with van der Waals surface area (Å²) in [6.45, 7) is 5.99. The quantitative estimate of drug-likeness (QED) is 0.487. The van der Waals surface area contributed by atoms with Gasteiger partial charge in [-0.3, -0.25) is 9.58 Å². The predicted octanol–water partition coefficient (Wildman–Crippen LogP) is 4.17. The van der Waals surface area contributed by atoms with Crippen LogP contribution in [-0.2, 0) is 24.9 Å². The fraction of sp³-hybridized carbons (Fsp3) is 0.333. The monoisotopic (exact) mass is 419 g/mol. The number of aromatic nitrogens is 4. The van der Waals surface area contributed by atoms with Crippen LogP contribution in [0.3, 0.4) is 0 Å². The van der Waals surface area contributed by atoms with E-state index in [1.807, 2.05) is 43.7 Å². The first-order valence-corrected chi connectivity index (χ1v) is 10.7. The Kier molecular flexibility index (Phi) is 5.29. The lowest BCUT2D eigenvalue weighted by atomic mass is 10.1. The summed E-state index contributed by atoms with van der Waals surface area (Å²) in [5.74, 6) is -0.196. The Morgan fingerprint density at radius 2 is 2.10 bits per heavy atom. The van der Waals surface area contributed by atoms with E-state index >= 15 is 0 Å². The SMILES string of the molecule is CCn1cc(CN2CCO[C@@H](c3cccc(-c4cnn(C)c4)n3)C2)c2ccc(F)cc21. The standard InChI is InChI=1S/C24H26FN5O/c1-3-30-15-18(20-8-7-19(25)11-23(20)30)14-29-9-10-31-24(16-29)22-6-4-5-21(27-22)17-12-26-28(2)13-17/h4-8,11-13,15,24H,3,9-10,14,16H2,1-2H3/t24-/m1/s1. The zero-order valence-electron chi connectivity index (χ0n) is 17.8. The van der Waals surface area contributed by atoms with Gasteiger partial charge >= 0.3 is 0 Å². The summed E-state index contributed by atoms with van der Waals surface area (Å²) in [5.41, 5.74) is 5.00. The van der Waals surface area contributed by atoms with E-state index in [-0.39, 0.29) is 11.9 Å². The van der Waals surface area contributed by atoms with Crippen LogP contribution < -0.4 is 0 Å². The van der Waals surface area contributed by atoms with Crippen molar-refractivity contribution in [3.8, 4) is 11.3 Å². The normalized spacial score (nSPS) is 17.5. The third kappa shape index (κ3) is 3.98. The summed E-state index contributed by atoms with van der Waals surface area (Å²) in [5, 5.41) is 5.36. The van der Waals surface area contributed by atoms with Crippen molar-refractivity contribution >= 4 is 10.9 Å². The molecule has 0 N–H and O–H groups in total. The minimum atomic E-state index is -0.196. The van der Waals surface area contributed by atoms with Gasteiger partial charge in [0.15, 0.2) is 0 Å². The summed E-state index contributed by atoms with van der Waals surface area (Å²) < 4.78 is 23.7. The number of ether oxygens (including phenoxy) is 1. The van der Waals surface area contributed by atoms with Crippen LogP contribution in [0, 0.1) is 5.82 Å². The van der Waals surface area contributed by atoms with Crippen LogP contribution >= 0.6 is 0 Å². The van der Waals surface area contributed by atoms with Gasteiger partial charge in [-0.1, -0.05) is 6.07 Å². The first-order valence-electron chi connectivity index (χ1n) is 10.7. The van der Waals surface area contributed by atoms with Gasteiger partial charge in [0.2, 0.25) is 0 Å². The van der Waals surface area contributed by atoms with Crippen molar-refractivity contribution in [2.24, 2.45) is 7.05 Å². The highest BCUT2D eigenvalue weighted by Crippen LogP contribution is 2.28. The maximum atomic E-state index is 13.8. The van der Waals surface area contributed by atoms with Crippen LogP contribution in [0.25, 0.3) is 22.2 Å². The van der Waals surface area contributed by atoms with Gasteiger partial charge in [0.25, 0.3) is 0 Å². The van der Waals surface area contributed by atoms with Crippen molar-refractivity contribution in [2.75, 3.05) is 19.7 Å². The third-order valence-electron chi connectivity index (χ3n) is 5.91. The average molecular weight is 420 g/mol. The maximum Gasteiger partial charge on any atom is 0.125 e. The van der Waals surface area contributed by atoms with Crippen molar-refractivity contribution in [1.29, 1.82) is 0 Å². The number of halogens is 1. The lowest BCUT2D eigenvalue weighted by Crippen LogP contribution is -2.38. The van der Waals surface area contributed by atoms with E-state index in [0.717, 1.165) is 54.0 Å². The second-order valence-corrected chi connectivity index (χ2v) is 8.05. The Balaban J connectivity index is 1.36. The van der Waals surface area contributed by atoms with Crippen molar-refractivity contribution in [1.82, 2.24) is 24.2 Å². The van der Waals surface area contributed by atoms with Gasteiger partial charge in [-0.25, -0.2) is 9.37 Å². The molecular formula is C24H26FN5O. The van der Waals surface area contributed by atoms with Gasteiger partial charge in [0.05, 0.1) is 29.7 Å². The first kappa shape index (κ1) is 19.9. The van der Waals surface area contributed by atoms with Crippen LogP contribution in [-0.4, -0.2) is 43.9 Å². The van der Waals surface area contributed by atoms with Gasteiger partial charge in [0, 0.05) is 56.6 Å². The Labute approximate surface area is 180 Å². The molecular weight excluding hydrogens is 393 g/mol. The molecule has 4 aromatic rings. The van der Waals surface area contributed by atoms with Crippen LogP contribution in [0.2, 0.25) is 0 Å².